The molecule has 0 bridgehead atoms. The number of sulfonamides is 1. The van der Waals surface area contributed by atoms with E-state index < -0.39 is 22.2 Å². The minimum Gasteiger partial charge on any atom is -0.368 e. The maximum atomic E-state index is 12.4. The van der Waals surface area contributed by atoms with E-state index in [-0.39, 0.29) is 4.90 Å². The van der Waals surface area contributed by atoms with Gasteiger partial charge < -0.3 is 4.74 Å². The van der Waals surface area contributed by atoms with Crippen molar-refractivity contribution < 1.29 is 13.2 Å². The molecular weight excluding hydrogens is 322 g/mol. The van der Waals surface area contributed by atoms with Crippen molar-refractivity contribution in [3.63, 3.8) is 0 Å². The molecule has 0 fully saturated rings. The van der Waals surface area contributed by atoms with Crippen LogP contribution in [0.25, 0.3) is 0 Å². The number of aryl methyl sites for hydroxylation is 1. The number of benzene rings is 2. The van der Waals surface area contributed by atoms with Gasteiger partial charge in [0.1, 0.15) is 0 Å². The molecule has 5 heteroatoms. The van der Waals surface area contributed by atoms with Crippen molar-refractivity contribution in [2.24, 2.45) is 0 Å². The quantitative estimate of drug-likeness (QED) is 0.746. The molecule has 24 heavy (non-hydrogen) atoms. The van der Waals surface area contributed by atoms with Gasteiger partial charge in [-0.2, -0.15) is 0 Å². The second-order valence-corrected chi connectivity index (χ2v) is 7.43. The van der Waals surface area contributed by atoms with E-state index in [0.29, 0.717) is 6.61 Å². The lowest BCUT2D eigenvalue weighted by Crippen LogP contribution is -2.41. The Kier molecular flexibility index (Phi) is 6.31. The van der Waals surface area contributed by atoms with Gasteiger partial charge in [0.05, 0.1) is 17.6 Å². The second kappa shape index (κ2) is 8.24. The van der Waals surface area contributed by atoms with E-state index in [9.17, 15) is 8.42 Å². The molecule has 0 aliphatic rings. The zero-order chi connectivity index (χ0) is 17.6. The zero-order valence-electron chi connectivity index (χ0n) is 14.0. The maximum Gasteiger partial charge on any atom is 0.240 e. The third-order valence-electron chi connectivity index (χ3n) is 3.68. The van der Waals surface area contributed by atoms with Gasteiger partial charge >= 0.3 is 0 Å². The molecule has 0 aliphatic heterocycles. The first-order valence-corrected chi connectivity index (χ1v) is 9.28. The summed E-state index contributed by atoms with van der Waals surface area (Å²) in [5, 5.41) is 0. The van der Waals surface area contributed by atoms with Crippen molar-refractivity contribution in [2.45, 2.75) is 37.5 Å². The molecule has 128 valence electrons. The largest absolute Gasteiger partial charge is 0.368 e. The van der Waals surface area contributed by atoms with E-state index in [1.54, 1.807) is 37.3 Å². The third kappa shape index (κ3) is 5.03. The van der Waals surface area contributed by atoms with Gasteiger partial charge in [-0.05, 0) is 31.5 Å². The summed E-state index contributed by atoms with van der Waals surface area (Å²) in [7, 11) is -3.59. The molecule has 0 saturated heterocycles. The summed E-state index contributed by atoms with van der Waals surface area (Å²) in [5.41, 5.74) is 2.04. The van der Waals surface area contributed by atoms with Crippen molar-refractivity contribution in [1.29, 1.82) is 0 Å². The Hall–Kier alpha value is -1.95. The summed E-state index contributed by atoms with van der Waals surface area (Å²) < 4.78 is 33.3. The maximum absolute atomic E-state index is 12.4. The second-order valence-electron chi connectivity index (χ2n) is 5.72. The lowest BCUT2D eigenvalue weighted by molar-refractivity contribution is 0.0555. The monoisotopic (exact) mass is 345 g/mol. The average Bonchev–Trinajstić information content (AvgIpc) is 2.56. The minimum atomic E-state index is -3.59. The van der Waals surface area contributed by atoms with E-state index >= 15 is 0 Å². The van der Waals surface area contributed by atoms with Crippen molar-refractivity contribution >= 4 is 10.0 Å². The van der Waals surface area contributed by atoms with Gasteiger partial charge in [0.25, 0.3) is 0 Å². The molecule has 0 spiro atoms. The van der Waals surface area contributed by atoms with Crippen LogP contribution in [0.4, 0.5) is 0 Å². The summed E-state index contributed by atoms with van der Waals surface area (Å²) in [6.07, 6.45) is 1.19. The van der Waals surface area contributed by atoms with E-state index in [1.165, 1.54) is 0 Å². The molecule has 0 radical (unpaired) electrons. The SMILES string of the molecule is C=C[C@@H](OCc1ccccc1)[C@H](C)NS(=O)(=O)c1ccc(C)cc1. The van der Waals surface area contributed by atoms with Gasteiger partial charge in [-0.1, -0.05) is 54.1 Å². The van der Waals surface area contributed by atoms with Crippen LogP contribution in [0.1, 0.15) is 18.1 Å². The molecule has 4 nitrogen and oxygen atoms in total. The summed E-state index contributed by atoms with van der Waals surface area (Å²) in [6, 6.07) is 16.0. The van der Waals surface area contributed by atoms with E-state index in [0.717, 1.165) is 11.1 Å². The Morgan fingerprint density at radius 1 is 1.12 bits per heavy atom. The number of hydrogen-bond acceptors (Lipinski definition) is 3. The smallest absolute Gasteiger partial charge is 0.240 e. The van der Waals surface area contributed by atoms with Crippen LogP contribution in [-0.2, 0) is 21.4 Å². The Bertz CT molecular complexity index is 755. The van der Waals surface area contributed by atoms with Gasteiger partial charge in [0.2, 0.25) is 10.0 Å². The Morgan fingerprint density at radius 3 is 2.33 bits per heavy atom. The Morgan fingerprint density at radius 2 is 1.75 bits per heavy atom. The highest BCUT2D eigenvalue weighted by molar-refractivity contribution is 7.89. The first kappa shape index (κ1) is 18.4. The van der Waals surface area contributed by atoms with Gasteiger partial charge in [-0.15, -0.1) is 6.58 Å². The summed E-state index contributed by atoms with van der Waals surface area (Å²) in [6.45, 7) is 7.83. The van der Waals surface area contributed by atoms with Gasteiger partial charge in [0.15, 0.2) is 0 Å². The molecular formula is C19H23NO3S. The number of rotatable bonds is 8. The molecule has 2 rings (SSSR count). The van der Waals surface area contributed by atoms with Crippen molar-refractivity contribution in [2.75, 3.05) is 0 Å². The molecule has 0 aliphatic carbocycles. The molecule has 0 aromatic heterocycles. The highest BCUT2D eigenvalue weighted by atomic mass is 32.2. The Balaban J connectivity index is 2.01. The Labute approximate surface area is 144 Å². The van der Waals surface area contributed by atoms with E-state index in [1.807, 2.05) is 37.3 Å². The van der Waals surface area contributed by atoms with Gasteiger partial charge in [-0.25, -0.2) is 13.1 Å². The molecule has 1 N–H and O–H groups in total. The van der Waals surface area contributed by atoms with Crippen LogP contribution in [0.5, 0.6) is 0 Å². The predicted molar refractivity (Wildman–Crippen MR) is 96.2 cm³/mol. The third-order valence-corrected chi connectivity index (χ3v) is 5.26. The van der Waals surface area contributed by atoms with Crippen LogP contribution in [0.15, 0.2) is 72.1 Å². The van der Waals surface area contributed by atoms with Gasteiger partial charge in [0, 0.05) is 6.04 Å². The van der Waals surface area contributed by atoms with Crippen LogP contribution >= 0.6 is 0 Å². The topological polar surface area (TPSA) is 55.4 Å². The fourth-order valence-electron chi connectivity index (χ4n) is 2.28. The lowest BCUT2D eigenvalue weighted by atomic mass is 10.2. The highest BCUT2D eigenvalue weighted by Gasteiger charge is 2.22. The molecule has 2 aromatic carbocycles. The molecule has 0 saturated carbocycles. The summed E-state index contributed by atoms with van der Waals surface area (Å²) >= 11 is 0. The molecule has 2 atom stereocenters. The normalized spacial score (nSPS) is 14.1. The summed E-state index contributed by atoms with van der Waals surface area (Å²) in [5.74, 6) is 0. The lowest BCUT2D eigenvalue weighted by Gasteiger charge is -2.22. The van der Waals surface area contributed by atoms with E-state index in [4.69, 9.17) is 4.74 Å². The minimum absolute atomic E-state index is 0.242. The number of nitrogens with one attached hydrogen (secondary N) is 1. The number of hydrogen-bond donors (Lipinski definition) is 1. The fourth-order valence-corrected chi connectivity index (χ4v) is 3.53. The fraction of sp³-hybridized carbons (Fsp3) is 0.263. The van der Waals surface area contributed by atoms with Crippen molar-refractivity contribution in [3.05, 3.63) is 78.4 Å². The number of ether oxygens (including phenoxy) is 1. The van der Waals surface area contributed by atoms with Crippen LogP contribution in [0.2, 0.25) is 0 Å². The van der Waals surface area contributed by atoms with Crippen LogP contribution < -0.4 is 4.72 Å². The van der Waals surface area contributed by atoms with Crippen LogP contribution in [0.3, 0.4) is 0 Å². The van der Waals surface area contributed by atoms with Crippen LogP contribution in [0, 0.1) is 6.92 Å². The zero-order valence-corrected chi connectivity index (χ0v) is 14.8. The average molecular weight is 345 g/mol. The standard InChI is InChI=1S/C19H23NO3S/c1-4-19(23-14-17-8-6-5-7-9-17)16(3)20-24(21,22)18-12-10-15(2)11-13-18/h4-13,16,19-20H,1,14H2,2-3H3/t16-,19+/m0/s1. The van der Waals surface area contributed by atoms with Crippen LogP contribution in [-0.4, -0.2) is 20.6 Å². The first-order chi connectivity index (χ1) is 11.4. The predicted octanol–water partition coefficient (Wildman–Crippen LogP) is 3.43. The summed E-state index contributed by atoms with van der Waals surface area (Å²) in [4.78, 5) is 0.242. The molecule has 0 heterocycles. The molecule has 2 aromatic rings. The first-order valence-electron chi connectivity index (χ1n) is 7.79. The van der Waals surface area contributed by atoms with Gasteiger partial charge in [-0.3, -0.25) is 0 Å². The highest BCUT2D eigenvalue weighted by Crippen LogP contribution is 2.13. The molecule has 0 amide bonds. The van der Waals surface area contributed by atoms with E-state index in [2.05, 4.69) is 11.3 Å². The van der Waals surface area contributed by atoms with Crippen molar-refractivity contribution in [1.82, 2.24) is 4.72 Å². The molecule has 0 unspecified atom stereocenters. The van der Waals surface area contributed by atoms with Crippen molar-refractivity contribution in [3.8, 4) is 0 Å².